The van der Waals surface area contributed by atoms with Gasteiger partial charge in [0, 0.05) is 174 Å². The maximum atomic E-state index is 0. The molecule has 4 radical (unpaired) electrons. The van der Waals surface area contributed by atoms with Crippen LogP contribution in [0, 0.1) is 0 Å². The summed E-state index contributed by atoms with van der Waals surface area (Å²) < 4.78 is 0. The van der Waals surface area contributed by atoms with Crippen molar-refractivity contribution in [2.24, 2.45) is 0 Å². The van der Waals surface area contributed by atoms with Gasteiger partial charge >= 0.3 is 0 Å². The first-order valence-corrected chi connectivity index (χ1v) is 0. The van der Waals surface area contributed by atoms with Crippen LogP contribution in [0.4, 0.5) is 0 Å². The molecule has 0 aliphatic rings. The van der Waals surface area contributed by atoms with E-state index in [1.54, 1.807) is 0 Å². The van der Waals surface area contributed by atoms with Crippen molar-refractivity contribution in [3.05, 3.63) is 0 Å². The van der Waals surface area contributed by atoms with Crippen molar-refractivity contribution in [3.8, 4) is 0 Å². The van der Waals surface area contributed by atoms with Gasteiger partial charge < -0.3 is 0 Å². The van der Waals surface area contributed by atoms with E-state index in [1.165, 1.54) is 0 Å². The molecule has 0 heterocycles. The van der Waals surface area contributed by atoms with E-state index in [0.717, 1.165) is 0 Å². The van der Waals surface area contributed by atoms with Gasteiger partial charge in [-0.05, 0) is 0 Å². The molecule has 0 aliphatic heterocycles. The Labute approximate surface area is 241 Å². The van der Waals surface area contributed by atoms with E-state index in [9.17, 15) is 0 Å². The van der Waals surface area contributed by atoms with Crippen molar-refractivity contribution >= 4 is 229 Å². The van der Waals surface area contributed by atoms with E-state index >= 15 is 0 Å². The SMILES string of the molecule is Cl.Cl.Cl.Cl.Cl.Cl.[Ir].[K].[K].[K]. The average Bonchev–Trinajstić information content (AvgIpc) is 0. The summed E-state index contributed by atoms with van der Waals surface area (Å²) in [6.45, 7) is 0. The summed E-state index contributed by atoms with van der Waals surface area (Å²) in [5, 5.41) is 0. The molecule has 60 valence electrons. The molecule has 0 N–H and O–H groups in total. The fraction of sp³-hybridized carbons (Fsp3) is 0. The van der Waals surface area contributed by atoms with Crippen LogP contribution in [0.1, 0.15) is 0 Å². The fourth-order valence-electron chi connectivity index (χ4n) is 0. The number of rotatable bonds is 0. The maximum Gasteiger partial charge on any atom is 0 e. The molecule has 0 saturated heterocycles. The molecule has 0 aromatic heterocycles. The van der Waals surface area contributed by atoms with Crippen LogP contribution < -0.4 is 0 Å². The summed E-state index contributed by atoms with van der Waals surface area (Å²) >= 11 is 0. The molecule has 0 amide bonds. The first kappa shape index (κ1) is 86.3. The van der Waals surface area contributed by atoms with Gasteiger partial charge in [0.05, 0.1) is 0 Å². The van der Waals surface area contributed by atoms with E-state index in [0.29, 0.717) is 0 Å². The minimum Gasteiger partial charge on any atom is -0.147 e. The quantitative estimate of drug-likeness (QED) is 0.418. The van der Waals surface area contributed by atoms with Crippen molar-refractivity contribution in [2.45, 2.75) is 0 Å². The molecule has 10 heavy (non-hydrogen) atoms. The second kappa shape index (κ2) is 71.6. The molecular weight excluding hydrogens is 522 g/mol. The van der Waals surface area contributed by atoms with Crippen LogP contribution in [-0.4, -0.2) is 154 Å². The van der Waals surface area contributed by atoms with Crippen molar-refractivity contribution in [3.63, 3.8) is 0 Å². The minimum atomic E-state index is 0. The standard InChI is InChI=1S/6ClH.Ir.3K/h6*1H;;;;. The summed E-state index contributed by atoms with van der Waals surface area (Å²) in [6, 6.07) is 0. The van der Waals surface area contributed by atoms with E-state index in [-0.39, 0.29) is 249 Å². The van der Waals surface area contributed by atoms with Crippen LogP contribution >= 0.6 is 74.4 Å². The second-order valence-electron chi connectivity index (χ2n) is 0. The van der Waals surface area contributed by atoms with Gasteiger partial charge in [0.15, 0.2) is 0 Å². The van der Waals surface area contributed by atoms with Crippen molar-refractivity contribution in [1.82, 2.24) is 0 Å². The summed E-state index contributed by atoms with van der Waals surface area (Å²) in [6.07, 6.45) is 0. The predicted octanol–water partition coefficient (Wildman–Crippen LogP) is 1.39. The Hall–Kier alpha value is 7.30. The normalized spacial score (nSPS) is 0. The molecule has 0 aromatic rings. The van der Waals surface area contributed by atoms with E-state index < -0.39 is 0 Å². The zero-order valence-electron chi connectivity index (χ0n) is 5.78. The number of hydrogen-bond acceptors (Lipinski definition) is 0. The van der Waals surface area contributed by atoms with E-state index in [4.69, 9.17) is 0 Å². The van der Waals surface area contributed by atoms with E-state index in [2.05, 4.69) is 0 Å². The molecule has 10 heteroatoms. The van der Waals surface area contributed by atoms with Gasteiger partial charge in [0.1, 0.15) is 0 Å². The monoisotopic (exact) mass is 526 g/mol. The maximum absolute atomic E-state index is 0. The topological polar surface area (TPSA) is 0 Å². The van der Waals surface area contributed by atoms with Crippen molar-refractivity contribution in [1.29, 1.82) is 0 Å². The smallest absolute Gasteiger partial charge is 0 e. The van der Waals surface area contributed by atoms with Gasteiger partial charge in [0.25, 0.3) is 0 Å². The molecule has 0 aromatic carbocycles. The van der Waals surface area contributed by atoms with Crippen LogP contribution in [0.15, 0.2) is 0 Å². The van der Waals surface area contributed by atoms with Crippen LogP contribution in [0.3, 0.4) is 0 Å². The molecule has 0 unspecified atom stereocenters. The predicted molar refractivity (Wildman–Crippen MR) is 60.8 cm³/mol. The van der Waals surface area contributed by atoms with Gasteiger partial charge in [0.2, 0.25) is 0 Å². The number of halogens is 6. The molecular formula is H6Cl6IrK3. The average molecular weight is 528 g/mol. The first-order chi connectivity index (χ1) is 0. The van der Waals surface area contributed by atoms with Crippen LogP contribution in [0.2, 0.25) is 0 Å². The molecule has 0 aliphatic carbocycles. The minimum absolute atomic E-state index is 0. The third kappa shape index (κ3) is 58.7. The Morgan fingerprint density at radius 3 is 0.300 bits per heavy atom. The molecule has 0 saturated carbocycles. The summed E-state index contributed by atoms with van der Waals surface area (Å²) in [4.78, 5) is 0. The van der Waals surface area contributed by atoms with Crippen LogP contribution in [0.5, 0.6) is 0 Å². The third-order valence-corrected chi connectivity index (χ3v) is 0. The Morgan fingerprint density at radius 2 is 0.300 bits per heavy atom. The Balaban J connectivity index is 0. The van der Waals surface area contributed by atoms with Crippen LogP contribution in [-0.2, 0) is 20.1 Å². The molecule has 0 bridgehead atoms. The fourth-order valence-corrected chi connectivity index (χ4v) is 0. The van der Waals surface area contributed by atoms with Crippen molar-refractivity contribution in [2.75, 3.05) is 0 Å². The summed E-state index contributed by atoms with van der Waals surface area (Å²) in [7, 11) is 0. The summed E-state index contributed by atoms with van der Waals surface area (Å²) in [5.41, 5.74) is 0. The second-order valence-corrected chi connectivity index (χ2v) is 0. The Kier molecular flexibility index (Phi) is 618. The zero-order valence-corrected chi connectivity index (χ0v) is 22.4. The van der Waals surface area contributed by atoms with Crippen molar-refractivity contribution < 1.29 is 20.1 Å². The molecule has 0 fully saturated rings. The number of hydrogen-bond donors (Lipinski definition) is 0. The van der Waals surface area contributed by atoms with Gasteiger partial charge in [-0.15, -0.1) is 74.4 Å². The Bertz CT molecular complexity index is 13.0. The zero-order chi connectivity index (χ0) is 0. The summed E-state index contributed by atoms with van der Waals surface area (Å²) in [5.74, 6) is 0. The van der Waals surface area contributed by atoms with Gasteiger partial charge in [-0.3, -0.25) is 0 Å². The third-order valence-electron chi connectivity index (χ3n) is 0. The molecule has 0 atom stereocenters. The molecule has 0 nitrogen and oxygen atoms in total. The van der Waals surface area contributed by atoms with Gasteiger partial charge in [-0.2, -0.15) is 0 Å². The van der Waals surface area contributed by atoms with Crippen LogP contribution in [0.25, 0.3) is 0 Å². The molecule has 0 spiro atoms. The van der Waals surface area contributed by atoms with E-state index in [1.807, 2.05) is 0 Å². The van der Waals surface area contributed by atoms with Gasteiger partial charge in [-0.1, -0.05) is 0 Å². The Morgan fingerprint density at radius 1 is 0.300 bits per heavy atom. The largest absolute Gasteiger partial charge is 0.147 e. The van der Waals surface area contributed by atoms with Gasteiger partial charge in [-0.25, -0.2) is 0 Å². The first-order valence-electron chi connectivity index (χ1n) is 0. The molecule has 0 rings (SSSR count).